The molecule has 0 aromatic carbocycles. The predicted molar refractivity (Wildman–Crippen MR) is 54.2 cm³/mol. The van der Waals surface area contributed by atoms with E-state index >= 15 is 0 Å². The van der Waals surface area contributed by atoms with E-state index in [2.05, 4.69) is 6.92 Å². The zero-order chi connectivity index (χ0) is 9.45. The van der Waals surface area contributed by atoms with E-state index in [-0.39, 0.29) is 0 Å². The molecule has 0 N–H and O–H groups in total. The van der Waals surface area contributed by atoms with Gasteiger partial charge in [-0.3, -0.25) is 4.57 Å². The molecule has 0 atom stereocenters. The van der Waals surface area contributed by atoms with Gasteiger partial charge in [0.15, 0.2) is 0 Å². The van der Waals surface area contributed by atoms with Crippen molar-refractivity contribution in [1.29, 1.82) is 0 Å². The molecular formula is C9H21O2P. The van der Waals surface area contributed by atoms with E-state index in [0.717, 1.165) is 6.42 Å². The summed E-state index contributed by atoms with van der Waals surface area (Å²) in [4.78, 5) is 0. The highest BCUT2D eigenvalue weighted by molar-refractivity contribution is 7.58. The number of rotatable bonds is 7. The van der Waals surface area contributed by atoms with Crippen LogP contribution in [-0.4, -0.2) is 18.9 Å². The van der Waals surface area contributed by atoms with Crippen molar-refractivity contribution in [3.8, 4) is 0 Å². The maximum Gasteiger partial charge on any atom is 0.202 e. The molecule has 0 aliphatic carbocycles. The minimum atomic E-state index is -2.22. The molecule has 0 aromatic heterocycles. The third-order valence-corrected chi connectivity index (χ3v) is 4.62. The first-order chi connectivity index (χ1) is 5.68. The SMILES string of the molecule is CCCCCOP(=O)(CC)CC. The molecule has 0 spiro atoms. The van der Waals surface area contributed by atoms with Crippen molar-refractivity contribution in [1.82, 2.24) is 0 Å². The summed E-state index contributed by atoms with van der Waals surface area (Å²) in [5, 5.41) is 0. The summed E-state index contributed by atoms with van der Waals surface area (Å²) < 4.78 is 17.1. The highest BCUT2D eigenvalue weighted by Gasteiger charge is 2.16. The molecule has 0 aromatic rings. The van der Waals surface area contributed by atoms with Gasteiger partial charge in [-0.25, -0.2) is 0 Å². The number of unbranched alkanes of at least 4 members (excludes halogenated alkanes) is 2. The Labute approximate surface area is 76.1 Å². The first-order valence-corrected chi connectivity index (χ1v) is 6.90. The minimum absolute atomic E-state index is 0.673. The third-order valence-electron chi connectivity index (χ3n) is 2.04. The molecule has 0 heterocycles. The first kappa shape index (κ1) is 12.2. The van der Waals surface area contributed by atoms with Crippen LogP contribution in [0.15, 0.2) is 0 Å². The van der Waals surface area contributed by atoms with Gasteiger partial charge in [-0.05, 0) is 6.42 Å². The molecule has 74 valence electrons. The molecule has 0 aliphatic rings. The lowest BCUT2D eigenvalue weighted by molar-refractivity contribution is 0.304. The van der Waals surface area contributed by atoms with Crippen molar-refractivity contribution in [2.24, 2.45) is 0 Å². The summed E-state index contributed by atoms with van der Waals surface area (Å²) in [6.45, 7) is 6.69. The van der Waals surface area contributed by atoms with Gasteiger partial charge in [0.05, 0.1) is 6.61 Å². The van der Waals surface area contributed by atoms with Crippen LogP contribution in [0.3, 0.4) is 0 Å². The van der Waals surface area contributed by atoms with Crippen molar-refractivity contribution in [3.05, 3.63) is 0 Å². The minimum Gasteiger partial charge on any atom is -0.328 e. The summed E-state index contributed by atoms with van der Waals surface area (Å²) in [7, 11) is -2.22. The van der Waals surface area contributed by atoms with Crippen LogP contribution in [0.25, 0.3) is 0 Å². The molecule has 3 heteroatoms. The summed E-state index contributed by atoms with van der Waals surface area (Å²) in [5.74, 6) is 0. The van der Waals surface area contributed by atoms with Crippen LogP contribution in [0, 0.1) is 0 Å². The normalized spacial score (nSPS) is 11.9. The van der Waals surface area contributed by atoms with Gasteiger partial charge in [0.25, 0.3) is 0 Å². The lowest BCUT2D eigenvalue weighted by atomic mass is 10.3. The van der Waals surface area contributed by atoms with Gasteiger partial charge in [-0.2, -0.15) is 0 Å². The van der Waals surface area contributed by atoms with Crippen LogP contribution in [0.2, 0.25) is 0 Å². The molecule has 2 nitrogen and oxygen atoms in total. The zero-order valence-electron chi connectivity index (χ0n) is 8.51. The Morgan fingerprint density at radius 2 is 1.67 bits per heavy atom. The Morgan fingerprint density at radius 1 is 1.08 bits per heavy atom. The highest BCUT2D eigenvalue weighted by Crippen LogP contribution is 2.45. The first-order valence-electron chi connectivity index (χ1n) is 4.91. The van der Waals surface area contributed by atoms with Crippen LogP contribution in [-0.2, 0) is 9.09 Å². The third kappa shape index (κ3) is 4.95. The lowest BCUT2D eigenvalue weighted by Crippen LogP contribution is -1.97. The van der Waals surface area contributed by atoms with Crippen molar-refractivity contribution >= 4 is 7.37 Å². The summed E-state index contributed by atoms with van der Waals surface area (Å²) in [6.07, 6.45) is 4.76. The smallest absolute Gasteiger partial charge is 0.202 e. The van der Waals surface area contributed by atoms with E-state index in [9.17, 15) is 4.57 Å². The van der Waals surface area contributed by atoms with Gasteiger partial charge in [0.1, 0.15) is 0 Å². The Balaban J connectivity index is 3.52. The van der Waals surface area contributed by atoms with Gasteiger partial charge in [0.2, 0.25) is 7.37 Å². The molecule has 0 fully saturated rings. The van der Waals surface area contributed by atoms with Crippen LogP contribution in [0.4, 0.5) is 0 Å². The van der Waals surface area contributed by atoms with Crippen molar-refractivity contribution < 1.29 is 9.09 Å². The average Bonchev–Trinajstić information content (AvgIpc) is 2.12. The standard InChI is InChI=1S/C9H21O2P/c1-4-7-8-9-11-12(10,5-2)6-3/h4-9H2,1-3H3. The van der Waals surface area contributed by atoms with Crippen LogP contribution in [0.5, 0.6) is 0 Å². The largest absolute Gasteiger partial charge is 0.328 e. The molecule has 0 saturated heterocycles. The summed E-state index contributed by atoms with van der Waals surface area (Å²) in [6, 6.07) is 0. The average molecular weight is 192 g/mol. The molecule has 12 heavy (non-hydrogen) atoms. The molecule has 0 rings (SSSR count). The Kier molecular flexibility index (Phi) is 6.78. The summed E-state index contributed by atoms with van der Waals surface area (Å²) in [5.41, 5.74) is 0. The molecular weight excluding hydrogens is 171 g/mol. The van der Waals surface area contributed by atoms with Crippen molar-refractivity contribution in [2.75, 3.05) is 18.9 Å². The lowest BCUT2D eigenvalue weighted by Gasteiger charge is -2.14. The highest BCUT2D eigenvalue weighted by atomic mass is 31.2. The fourth-order valence-corrected chi connectivity index (χ4v) is 2.26. The summed E-state index contributed by atoms with van der Waals surface area (Å²) >= 11 is 0. The van der Waals surface area contributed by atoms with Crippen LogP contribution >= 0.6 is 7.37 Å². The molecule has 0 bridgehead atoms. The topological polar surface area (TPSA) is 26.3 Å². The molecule has 0 radical (unpaired) electrons. The Hall–Kier alpha value is 0.190. The molecule has 0 unspecified atom stereocenters. The van der Waals surface area contributed by atoms with Gasteiger partial charge >= 0.3 is 0 Å². The van der Waals surface area contributed by atoms with Crippen LogP contribution < -0.4 is 0 Å². The van der Waals surface area contributed by atoms with E-state index in [0.29, 0.717) is 18.9 Å². The molecule has 0 saturated carbocycles. The van der Waals surface area contributed by atoms with Crippen molar-refractivity contribution in [3.63, 3.8) is 0 Å². The fourth-order valence-electron chi connectivity index (χ4n) is 0.989. The van der Waals surface area contributed by atoms with E-state index in [4.69, 9.17) is 4.52 Å². The van der Waals surface area contributed by atoms with E-state index in [1.165, 1.54) is 12.8 Å². The maximum atomic E-state index is 11.7. The second kappa shape index (κ2) is 6.68. The second-order valence-corrected chi connectivity index (χ2v) is 6.14. The maximum absolute atomic E-state index is 11.7. The monoisotopic (exact) mass is 192 g/mol. The fraction of sp³-hybridized carbons (Fsp3) is 1.00. The Morgan fingerprint density at radius 3 is 2.08 bits per heavy atom. The zero-order valence-corrected chi connectivity index (χ0v) is 9.40. The number of hydrogen-bond donors (Lipinski definition) is 0. The van der Waals surface area contributed by atoms with Crippen molar-refractivity contribution in [2.45, 2.75) is 40.0 Å². The van der Waals surface area contributed by atoms with E-state index in [1.807, 2.05) is 13.8 Å². The van der Waals surface area contributed by atoms with Crippen LogP contribution in [0.1, 0.15) is 40.0 Å². The quantitative estimate of drug-likeness (QED) is 0.455. The molecule has 0 amide bonds. The number of hydrogen-bond acceptors (Lipinski definition) is 2. The van der Waals surface area contributed by atoms with Gasteiger partial charge in [-0.1, -0.05) is 33.6 Å². The van der Waals surface area contributed by atoms with Gasteiger partial charge in [0, 0.05) is 12.3 Å². The second-order valence-electron chi connectivity index (χ2n) is 2.99. The van der Waals surface area contributed by atoms with E-state index < -0.39 is 7.37 Å². The Bertz CT molecular complexity index is 137. The molecule has 0 aliphatic heterocycles. The predicted octanol–water partition coefficient (Wildman–Crippen LogP) is 3.51. The van der Waals surface area contributed by atoms with Gasteiger partial charge < -0.3 is 4.52 Å². The van der Waals surface area contributed by atoms with Gasteiger partial charge in [-0.15, -0.1) is 0 Å². The van der Waals surface area contributed by atoms with E-state index in [1.54, 1.807) is 0 Å².